The van der Waals surface area contributed by atoms with Crippen molar-refractivity contribution in [2.75, 3.05) is 6.54 Å². The highest BCUT2D eigenvalue weighted by molar-refractivity contribution is 5.72. The van der Waals surface area contributed by atoms with Crippen LogP contribution in [-0.4, -0.2) is 17.6 Å². The molecule has 1 saturated heterocycles. The van der Waals surface area contributed by atoms with E-state index in [0.717, 1.165) is 30.1 Å². The van der Waals surface area contributed by atoms with Crippen LogP contribution >= 0.6 is 0 Å². The van der Waals surface area contributed by atoms with Crippen LogP contribution in [0.2, 0.25) is 0 Å². The second kappa shape index (κ2) is 4.55. The maximum atomic E-state index is 9.09. The molecule has 0 amide bonds. The molecule has 1 aliphatic heterocycles. The standard InChI is InChI=1S/C15H17N3/c1-10-12(8-16)7-13(9-18-10)14-5-4-11-3-2-6-17-15(11)14/h5,7,9,11,15,17H,2-4,6H2,1H3. The molecule has 3 rings (SSSR count). The maximum Gasteiger partial charge on any atom is 0.101 e. The van der Waals surface area contributed by atoms with E-state index < -0.39 is 0 Å². The molecule has 92 valence electrons. The molecule has 3 nitrogen and oxygen atoms in total. The van der Waals surface area contributed by atoms with Crippen LogP contribution in [0.1, 0.15) is 36.1 Å². The summed E-state index contributed by atoms with van der Waals surface area (Å²) in [6.45, 7) is 2.98. The fraction of sp³-hybridized carbons (Fsp3) is 0.467. The number of piperidine rings is 1. The van der Waals surface area contributed by atoms with E-state index in [4.69, 9.17) is 5.26 Å². The highest BCUT2D eigenvalue weighted by Crippen LogP contribution is 2.37. The number of nitriles is 1. The number of pyridine rings is 1. The summed E-state index contributed by atoms with van der Waals surface area (Å²) in [4.78, 5) is 4.34. The van der Waals surface area contributed by atoms with Crippen LogP contribution in [0.15, 0.2) is 18.3 Å². The van der Waals surface area contributed by atoms with Gasteiger partial charge in [0.1, 0.15) is 6.07 Å². The molecule has 3 heteroatoms. The van der Waals surface area contributed by atoms with Crippen LogP contribution < -0.4 is 5.32 Å². The van der Waals surface area contributed by atoms with Crippen LogP contribution in [0.3, 0.4) is 0 Å². The zero-order valence-electron chi connectivity index (χ0n) is 10.6. The lowest BCUT2D eigenvalue weighted by atomic mass is 9.88. The smallest absolute Gasteiger partial charge is 0.101 e. The summed E-state index contributed by atoms with van der Waals surface area (Å²) in [5, 5.41) is 12.7. The first-order chi connectivity index (χ1) is 8.79. The van der Waals surface area contributed by atoms with E-state index in [1.807, 2.05) is 19.2 Å². The second-order valence-corrected chi connectivity index (χ2v) is 5.20. The van der Waals surface area contributed by atoms with E-state index in [-0.39, 0.29) is 0 Å². The van der Waals surface area contributed by atoms with Gasteiger partial charge in [0.05, 0.1) is 11.3 Å². The predicted octanol–water partition coefficient (Wildman–Crippen LogP) is 2.42. The Morgan fingerprint density at radius 1 is 1.50 bits per heavy atom. The SMILES string of the molecule is Cc1ncc(C2=CCC3CCCNC23)cc1C#N. The van der Waals surface area contributed by atoms with E-state index in [1.165, 1.54) is 18.4 Å². The minimum atomic E-state index is 0.467. The van der Waals surface area contributed by atoms with Crippen LogP contribution in [0.25, 0.3) is 5.57 Å². The Morgan fingerprint density at radius 3 is 3.22 bits per heavy atom. The molecule has 0 radical (unpaired) electrons. The molecule has 0 bridgehead atoms. The average Bonchev–Trinajstić information content (AvgIpc) is 2.83. The number of aryl methyl sites for hydroxylation is 1. The molecule has 0 saturated carbocycles. The van der Waals surface area contributed by atoms with Crippen molar-refractivity contribution < 1.29 is 0 Å². The summed E-state index contributed by atoms with van der Waals surface area (Å²) in [6.07, 6.45) is 7.96. The van der Waals surface area contributed by atoms with Crippen molar-refractivity contribution >= 4 is 5.57 Å². The van der Waals surface area contributed by atoms with Gasteiger partial charge < -0.3 is 5.32 Å². The number of aromatic nitrogens is 1. The van der Waals surface area contributed by atoms with Crippen LogP contribution in [0.5, 0.6) is 0 Å². The summed E-state index contributed by atoms with van der Waals surface area (Å²) in [5.41, 5.74) is 3.95. The Morgan fingerprint density at radius 2 is 2.39 bits per heavy atom. The molecule has 1 fully saturated rings. The van der Waals surface area contributed by atoms with Gasteiger partial charge in [0.15, 0.2) is 0 Å². The lowest BCUT2D eigenvalue weighted by molar-refractivity contribution is 0.346. The topological polar surface area (TPSA) is 48.7 Å². The summed E-state index contributed by atoms with van der Waals surface area (Å²) < 4.78 is 0. The Hall–Kier alpha value is -1.66. The molecular weight excluding hydrogens is 222 g/mol. The highest BCUT2D eigenvalue weighted by atomic mass is 14.9. The van der Waals surface area contributed by atoms with Gasteiger partial charge in [0.2, 0.25) is 0 Å². The van der Waals surface area contributed by atoms with E-state index in [0.29, 0.717) is 11.6 Å². The molecule has 1 aromatic rings. The number of rotatable bonds is 1. The van der Waals surface area contributed by atoms with E-state index in [9.17, 15) is 0 Å². The first kappa shape index (κ1) is 11.4. The number of fused-ring (bicyclic) bond motifs is 1. The zero-order chi connectivity index (χ0) is 12.5. The van der Waals surface area contributed by atoms with E-state index in [1.54, 1.807) is 0 Å². The number of hydrogen-bond acceptors (Lipinski definition) is 3. The number of nitrogens with zero attached hydrogens (tertiary/aromatic N) is 2. The Balaban J connectivity index is 1.94. The van der Waals surface area contributed by atoms with Gasteiger partial charge in [-0.1, -0.05) is 6.08 Å². The lowest BCUT2D eigenvalue weighted by Gasteiger charge is -2.29. The van der Waals surface area contributed by atoms with Crippen molar-refractivity contribution in [2.45, 2.75) is 32.2 Å². The molecule has 2 unspecified atom stereocenters. The quantitative estimate of drug-likeness (QED) is 0.818. The molecule has 0 aromatic carbocycles. The molecule has 2 aliphatic rings. The fourth-order valence-electron chi connectivity index (χ4n) is 3.08. The van der Waals surface area contributed by atoms with Crippen LogP contribution in [-0.2, 0) is 0 Å². The fourth-order valence-corrected chi connectivity index (χ4v) is 3.08. The molecule has 1 N–H and O–H groups in total. The first-order valence-electron chi connectivity index (χ1n) is 6.60. The summed E-state index contributed by atoms with van der Waals surface area (Å²) in [7, 11) is 0. The number of nitrogens with one attached hydrogen (secondary N) is 1. The summed E-state index contributed by atoms with van der Waals surface area (Å²) in [5.74, 6) is 0.737. The van der Waals surface area contributed by atoms with Gasteiger partial charge in [-0.05, 0) is 55.9 Å². The largest absolute Gasteiger partial charge is 0.310 e. The average molecular weight is 239 g/mol. The molecular formula is C15H17N3. The van der Waals surface area contributed by atoms with Gasteiger partial charge in [-0.15, -0.1) is 0 Å². The monoisotopic (exact) mass is 239 g/mol. The third-order valence-corrected chi connectivity index (χ3v) is 4.10. The molecule has 18 heavy (non-hydrogen) atoms. The van der Waals surface area contributed by atoms with Gasteiger partial charge in [-0.25, -0.2) is 0 Å². The van der Waals surface area contributed by atoms with E-state index in [2.05, 4.69) is 22.4 Å². The second-order valence-electron chi connectivity index (χ2n) is 5.20. The van der Waals surface area contributed by atoms with Gasteiger partial charge >= 0.3 is 0 Å². The Bertz CT molecular complexity index is 539. The van der Waals surface area contributed by atoms with Crippen molar-refractivity contribution in [2.24, 2.45) is 5.92 Å². The zero-order valence-corrected chi connectivity index (χ0v) is 10.6. The molecule has 2 atom stereocenters. The van der Waals surface area contributed by atoms with Crippen LogP contribution in [0.4, 0.5) is 0 Å². The molecule has 1 aromatic heterocycles. The number of allylic oxidation sites excluding steroid dienone is 1. The Kier molecular flexibility index (Phi) is 2.89. The summed E-state index contributed by atoms with van der Waals surface area (Å²) in [6, 6.07) is 4.67. The van der Waals surface area contributed by atoms with Crippen molar-refractivity contribution in [1.29, 1.82) is 5.26 Å². The minimum absolute atomic E-state index is 0.467. The van der Waals surface area contributed by atoms with Gasteiger partial charge in [0, 0.05) is 12.2 Å². The van der Waals surface area contributed by atoms with E-state index >= 15 is 0 Å². The van der Waals surface area contributed by atoms with Gasteiger partial charge in [-0.2, -0.15) is 5.26 Å². The van der Waals surface area contributed by atoms with Crippen LogP contribution in [0, 0.1) is 24.2 Å². The van der Waals surface area contributed by atoms with Crippen molar-refractivity contribution in [3.05, 3.63) is 35.2 Å². The van der Waals surface area contributed by atoms with Crippen molar-refractivity contribution in [3.63, 3.8) is 0 Å². The number of hydrogen-bond donors (Lipinski definition) is 1. The molecule has 0 spiro atoms. The maximum absolute atomic E-state index is 9.09. The highest BCUT2D eigenvalue weighted by Gasteiger charge is 2.32. The van der Waals surface area contributed by atoms with Gasteiger partial charge in [0.25, 0.3) is 0 Å². The minimum Gasteiger partial charge on any atom is -0.310 e. The Labute approximate surface area is 108 Å². The third kappa shape index (κ3) is 1.83. The predicted molar refractivity (Wildman–Crippen MR) is 70.8 cm³/mol. The first-order valence-corrected chi connectivity index (χ1v) is 6.60. The molecule has 2 heterocycles. The molecule has 1 aliphatic carbocycles. The van der Waals surface area contributed by atoms with Crippen molar-refractivity contribution in [1.82, 2.24) is 10.3 Å². The third-order valence-electron chi connectivity index (χ3n) is 4.10. The normalized spacial score (nSPS) is 26.3. The van der Waals surface area contributed by atoms with Gasteiger partial charge in [-0.3, -0.25) is 4.98 Å². The van der Waals surface area contributed by atoms with Crippen molar-refractivity contribution in [3.8, 4) is 6.07 Å². The summed E-state index contributed by atoms with van der Waals surface area (Å²) >= 11 is 0. The lowest BCUT2D eigenvalue weighted by Crippen LogP contribution is -2.39.